The monoisotopic (exact) mass is 905 g/mol. The van der Waals surface area contributed by atoms with Gasteiger partial charge in [0, 0.05) is 24.8 Å². The average molecular weight is 906 g/mol. The molecule has 2 heterocycles. The first-order valence-electron chi connectivity index (χ1n) is 21.8. The number of esters is 1. The molecule has 1 aromatic rings. The number of amides is 3. The number of hydrogen-bond acceptors (Lipinski definition) is 15. The number of hydrogen-bond donors (Lipinski definition) is 8. The van der Waals surface area contributed by atoms with Gasteiger partial charge in [0.25, 0.3) is 0 Å². The SMILES string of the molecule is C=C(NCC1=CC[C@@H](NC(C)=O)[C@@H](C[C@@H]2C(NC(=O)OCc3ccc(C)cc3)C[C@@H](NC(=O)[C@@H](O)CCC)[C@H](O[C@H]3OC[C@](C)(O)[C@H](C(C)C(=O)OC(C)(C)C)[C@H]3N)[C@H]2O)O1)C(=O)F. The van der Waals surface area contributed by atoms with E-state index < -0.39 is 114 Å². The summed E-state index contributed by atoms with van der Waals surface area (Å²) in [5.74, 6) is -4.40. The molecule has 2 aliphatic heterocycles. The summed E-state index contributed by atoms with van der Waals surface area (Å²) in [7, 11) is 0. The van der Waals surface area contributed by atoms with Crippen molar-refractivity contribution in [1.29, 1.82) is 0 Å². The van der Waals surface area contributed by atoms with Gasteiger partial charge in [-0.05, 0) is 71.9 Å². The van der Waals surface area contributed by atoms with Crippen molar-refractivity contribution in [2.45, 2.75) is 160 Å². The van der Waals surface area contributed by atoms with Crippen LogP contribution >= 0.6 is 0 Å². The van der Waals surface area contributed by atoms with Gasteiger partial charge in [-0.2, -0.15) is 4.39 Å². The molecule has 0 spiro atoms. The van der Waals surface area contributed by atoms with Gasteiger partial charge in [-0.1, -0.05) is 56.7 Å². The number of halogens is 1. The van der Waals surface area contributed by atoms with Gasteiger partial charge in [0.15, 0.2) is 6.29 Å². The summed E-state index contributed by atoms with van der Waals surface area (Å²) < 4.78 is 43.4. The summed E-state index contributed by atoms with van der Waals surface area (Å²) in [6.45, 7) is 16.0. The van der Waals surface area contributed by atoms with Crippen LogP contribution in [0, 0.1) is 24.7 Å². The second-order valence-corrected chi connectivity index (χ2v) is 18.4. The van der Waals surface area contributed by atoms with Gasteiger partial charge in [0.05, 0.1) is 48.9 Å². The number of ether oxygens (including phenoxy) is 5. The van der Waals surface area contributed by atoms with Crippen molar-refractivity contribution >= 4 is 29.9 Å². The minimum Gasteiger partial charge on any atom is -0.491 e. The fraction of sp³-hybridized carbons (Fsp3) is 0.667. The molecule has 0 radical (unpaired) electrons. The Labute approximate surface area is 374 Å². The van der Waals surface area contributed by atoms with Crippen LogP contribution in [0.2, 0.25) is 0 Å². The lowest BCUT2D eigenvalue weighted by molar-refractivity contribution is -0.280. The number of nitrogens with two attached hydrogens (primary N) is 1. The fourth-order valence-corrected chi connectivity index (χ4v) is 8.54. The Morgan fingerprint density at radius 2 is 1.75 bits per heavy atom. The summed E-state index contributed by atoms with van der Waals surface area (Å²) in [6.07, 6.45) is -5.17. The second kappa shape index (κ2) is 22.5. The Morgan fingerprint density at radius 1 is 1.08 bits per heavy atom. The molecule has 3 aliphatic rings. The highest BCUT2D eigenvalue weighted by atomic mass is 19.1. The highest BCUT2D eigenvalue weighted by Gasteiger charge is 2.54. The number of alkyl carbamates (subject to hydrolysis) is 1. The van der Waals surface area contributed by atoms with Gasteiger partial charge >= 0.3 is 18.1 Å². The number of aliphatic hydroxyl groups excluding tert-OH is 2. The minimum absolute atomic E-state index is 0.0705. The minimum atomic E-state index is -1.76. The smallest absolute Gasteiger partial charge is 0.407 e. The van der Waals surface area contributed by atoms with E-state index in [2.05, 4.69) is 27.8 Å². The van der Waals surface area contributed by atoms with Crippen molar-refractivity contribution in [3.63, 3.8) is 0 Å². The molecule has 18 nitrogen and oxygen atoms in total. The molecule has 9 N–H and O–H groups in total. The van der Waals surface area contributed by atoms with Crippen molar-refractivity contribution in [2.24, 2.45) is 23.5 Å². The van der Waals surface area contributed by atoms with Crippen LogP contribution in [-0.2, 0) is 49.5 Å². The first kappa shape index (κ1) is 52.0. The third kappa shape index (κ3) is 14.4. The lowest BCUT2D eigenvalue weighted by Crippen LogP contribution is -2.68. The Morgan fingerprint density at radius 3 is 2.36 bits per heavy atom. The maximum Gasteiger partial charge on any atom is 0.407 e. The summed E-state index contributed by atoms with van der Waals surface area (Å²) in [4.78, 5) is 64.1. The number of aliphatic hydroxyl groups is 3. The van der Waals surface area contributed by atoms with Gasteiger partial charge in [0.1, 0.15) is 42.0 Å². The van der Waals surface area contributed by atoms with Crippen LogP contribution < -0.4 is 27.0 Å². The first-order chi connectivity index (χ1) is 29.9. The number of carbonyl (C=O) groups excluding carboxylic acids is 5. The molecule has 13 atom stereocenters. The van der Waals surface area contributed by atoms with E-state index in [1.54, 1.807) is 40.7 Å². The molecule has 1 saturated heterocycles. The van der Waals surface area contributed by atoms with Gasteiger partial charge in [-0.25, -0.2) is 4.79 Å². The fourth-order valence-electron chi connectivity index (χ4n) is 8.54. The van der Waals surface area contributed by atoms with Crippen molar-refractivity contribution in [3.8, 4) is 0 Å². The van der Waals surface area contributed by atoms with E-state index in [9.17, 15) is 43.7 Å². The number of aryl methyl sites for hydroxylation is 1. The van der Waals surface area contributed by atoms with E-state index in [4.69, 9.17) is 29.4 Å². The zero-order valence-electron chi connectivity index (χ0n) is 38.1. The molecular weight excluding hydrogens is 838 g/mol. The third-order valence-electron chi connectivity index (χ3n) is 11.7. The molecule has 0 aromatic heterocycles. The number of rotatable bonds is 18. The second-order valence-electron chi connectivity index (χ2n) is 18.4. The van der Waals surface area contributed by atoms with Crippen LogP contribution in [0.1, 0.15) is 91.7 Å². The molecule has 1 aliphatic carbocycles. The molecule has 2 unspecified atom stereocenters. The summed E-state index contributed by atoms with van der Waals surface area (Å²) in [6, 6.07) is 1.64. The first-order valence-corrected chi connectivity index (χ1v) is 21.8. The van der Waals surface area contributed by atoms with E-state index in [0.717, 1.165) is 5.56 Å². The van der Waals surface area contributed by atoms with Crippen LogP contribution in [0.4, 0.5) is 9.18 Å². The van der Waals surface area contributed by atoms with Gasteiger partial charge in [0.2, 0.25) is 11.8 Å². The Hall–Kier alpha value is -4.66. The Kier molecular flexibility index (Phi) is 18.3. The van der Waals surface area contributed by atoms with Crippen LogP contribution in [0.25, 0.3) is 0 Å². The number of nitrogens with one attached hydrogen (secondary N) is 4. The summed E-state index contributed by atoms with van der Waals surface area (Å²) >= 11 is 0. The Balaban J connectivity index is 1.73. The zero-order valence-corrected chi connectivity index (χ0v) is 38.1. The molecule has 2 fully saturated rings. The van der Waals surface area contributed by atoms with Crippen molar-refractivity contribution in [1.82, 2.24) is 21.3 Å². The van der Waals surface area contributed by atoms with Crippen LogP contribution in [0.5, 0.6) is 0 Å². The quantitative estimate of drug-likeness (QED) is 0.0597. The van der Waals surface area contributed by atoms with Crippen LogP contribution in [0.15, 0.2) is 48.4 Å². The molecule has 3 amide bonds. The van der Waals surface area contributed by atoms with E-state index in [0.29, 0.717) is 12.0 Å². The number of carbonyl (C=O) groups is 5. The standard InChI is InChI=1S/C45H68FN5O13/c1-10-11-33(53)40(56)50-32-19-31(51-43(58)60-21-27-14-12-23(2)13-15-27)29(18-34-30(49-26(5)52)17-16-28(62-34)20-48-25(4)39(46)55)37(54)38(32)63-42-36(47)35(45(9,59)22-61-42)24(3)41(57)64-44(6,7)8/h12-16,24,29-38,42,48,53-54,59H,4,10-11,17-22,47H2,1-3,5-9H3,(H,49,52)(H,50,56)(H,51,58)/t24?,29-,30-,31?,32-,33+,34-,35-,36-,37+,38+,42-,45+/m1/s1. The van der Waals surface area contributed by atoms with E-state index in [-0.39, 0.29) is 57.1 Å². The van der Waals surface area contributed by atoms with Gasteiger partial charge in [-0.15, -0.1) is 0 Å². The highest BCUT2D eigenvalue weighted by molar-refractivity contribution is 5.85. The summed E-state index contributed by atoms with van der Waals surface area (Å²) in [5.41, 5.74) is 5.55. The molecule has 19 heteroatoms. The number of benzene rings is 1. The van der Waals surface area contributed by atoms with Crippen molar-refractivity contribution in [2.75, 3.05) is 13.2 Å². The van der Waals surface area contributed by atoms with E-state index in [1.807, 2.05) is 31.2 Å². The topological polar surface area (TPSA) is 266 Å². The van der Waals surface area contributed by atoms with E-state index >= 15 is 0 Å². The maximum absolute atomic E-state index is 13.6. The normalized spacial score (nSPS) is 30.3. The molecule has 1 saturated carbocycles. The highest BCUT2D eigenvalue weighted by Crippen LogP contribution is 2.40. The third-order valence-corrected chi connectivity index (χ3v) is 11.7. The van der Waals surface area contributed by atoms with Crippen LogP contribution in [0.3, 0.4) is 0 Å². The van der Waals surface area contributed by atoms with Crippen molar-refractivity contribution in [3.05, 3.63) is 59.5 Å². The molecule has 64 heavy (non-hydrogen) atoms. The molecule has 0 bridgehead atoms. The number of allylic oxidation sites excluding steroid dienone is 1. The maximum atomic E-state index is 13.6. The largest absolute Gasteiger partial charge is 0.491 e. The van der Waals surface area contributed by atoms with Crippen LogP contribution in [-0.4, -0.2) is 124 Å². The van der Waals surface area contributed by atoms with Gasteiger partial charge in [-0.3, -0.25) is 19.2 Å². The molecule has 1 aromatic carbocycles. The van der Waals surface area contributed by atoms with Gasteiger partial charge < -0.3 is 66.0 Å². The summed E-state index contributed by atoms with van der Waals surface area (Å²) in [5, 5.41) is 45.9. The molecule has 358 valence electrons. The molecule has 4 rings (SSSR count). The van der Waals surface area contributed by atoms with Crippen molar-refractivity contribution < 1.29 is 67.4 Å². The zero-order chi connectivity index (χ0) is 47.7. The predicted octanol–water partition coefficient (Wildman–Crippen LogP) is 2.20. The predicted molar refractivity (Wildman–Crippen MR) is 230 cm³/mol. The lowest BCUT2D eigenvalue weighted by atomic mass is 9.72. The molecular formula is C45H68FN5O13. The Bertz CT molecular complexity index is 1840. The lowest BCUT2D eigenvalue weighted by Gasteiger charge is -2.51. The van der Waals surface area contributed by atoms with E-state index in [1.165, 1.54) is 13.8 Å². The average Bonchev–Trinajstić information content (AvgIpc) is 3.20.